The molecule has 110 valence electrons. The largest absolute Gasteiger partial charge is 0.481 e. The van der Waals surface area contributed by atoms with Crippen molar-refractivity contribution in [1.29, 1.82) is 0 Å². The number of pyridine rings is 1. The fourth-order valence-corrected chi connectivity index (χ4v) is 3.61. The Kier molecular flexibility index (Phi) is 3.59. The predicted octanol–water partition coefficient (Wildman–Crippen LogP) is 2.02. The lowest BCUT2D eigenvalue weighted by Crippen LogP contribution is -2.49. The van der Waals surface area contributed by atoms with E-state index in [1.54, 1.807) is 24.1 Å². The van der Waals surface area contributed by atoms with Gasteiger partial charge in [-0.1, -0.05) is 11.3 Å². The van der Waals surface area contributed by atoms with Crippen molar-refractivity contribution in [2.75, 3.05) is 6.54 Å². The molecule has 21 heavy (non-hydrogen) atoms. The minimum atomic E-state index is -0.842. The highest BCUT2D eigenvalue weighted by Crippen LogP contribution is 2.27. The monoisotopic (exact) mass is 305 g/mol. The highest BCUT2D eigenvalue weighted by atomic mass is 32.1. The Morgan fingerprint density at radius 1 is 1.48 bits per heavy atom. The number of amides is 1. The van der Waals surface area contributed by atoms with E-state index in [2.05, 4.69) is 9.97 Å². The van der Waals surface area contributed by atoms with Gasteiger partial charge in [-0.05, 0) is 31.9 Å². The molecule has 0 aliphatic carbocycles. The summed E-state index contributed by atoms with van der Waals surface area (Å²) in [7, 11) is 0. The molecule has 6 nitrogen and oxygen atoms in total. The number of hydrogen-bond acceptors (Lipinski definition) is 5. The number of rotatable bonds is 2. The average molecular weight is 305 g/mol. The summed E-state index contributed by atoms with van der Waals surface area (Å²) in [6.45, 7) is 2.37. The second-order valence-electron chi connectivity index (χ2n) is 5.17. The van der Waals surface area contributed by atoms with Crippen molar-refractivity contribution in [3.05, 3.63) is 23.3 Å². The molecule has 1 amide bonds. The Labute approximate surface area is 125 Å². The molecule has 0 spiro atoms. The Hall–Kier alpha value is -2.02. The number of likely N-dealkylation sites (tertiary alicyclic amines) is 1. The molecule has 1 N–H and O–H groups in total. The quantitative estimate of drug-likeness (QED) is 0.917. The van der Waals surface area contributed by atoms with Gasteiger partial charge in [-0.2, -0.15) is 0 Å². The first kappa shape index (κ1) is 13.9. The molecule has 1 aliphatic rings. The number of nitrogens with zero attached hydrogens (tertiary/aromatic N) is 3. The van der Waals surface area contributed by atoms with E-state index in [4.69, 9.17) is 0 Å². The lowest BCUT2D eigenvalue weighted by atomic mass is 9.90. The number of thiazole rings is 1. The molecule has 2 aromatic rings. The number of carbonyl (C=O) groups excluding carboxylic acids is 1. The third kappa shape index (κ3) is 2.49. The predicted molar refractivity (Wildman–Crippen MR) is 78.3 cm³/mol. The molecular formula is C14H15N3O3S. The minimum absolute atomic E-state index is 0.198. The van der Waals surface area contributed by atoms with Gasteiger partial charge in [0, 0.05) is 18.8 Å². The van der Waals surface area contributed by atoms with Crippen LogP contribution in [-0.2, 0) is 4.79 Å². The summed E-state index contributed by atoms with van der Waals surface area (Å²) in [5, 5.41) is 9.61. The molecule has 0 aromatic carbocycles. The van der Waals surface area contributed by atoms with E-state index < -0.39 is 11.9 Å². The summed E-state index contributed by atoms with van der Waals surface area (Å²) < 4.78 is 0. The highest BCUT2D eigenvalue weighted by Gasteiger charge is 2.36. The topological polar surface area (TPSA) is 83.4 Å². The number of aromatic nitrogens is 2. The van der Waals surface area contributed by atoms with Gasteiger partial charge < -0.3 is 10.0 Å². The fraction of sp³-hybridized carbons (Fsp3) is 0.429. The number of carboxylic acid groups (broad SMARTS) is 1. The molecule has 0 bridgehead atoms. The van der Waals surface area contributed by atoms with Gasteiger partial charge in [0.25, 0.3) is 5.91 Å². The zero-order chi connectivity index (χ0) is 15.0. The van der Waals surface area contributed by atoms with Gasteiger partial charge in [0.05, 0.1) is 5.92 Å². The highest BCUT2D eigenvalue weighted by molar-refractivity contribution is 7.19. The molecule has 2 aromatic heterocycles. The Balaban J connectivity index is 1.88. The standard InChI is InChI=1S/C14H15N3O3S/c1-8-9(14(19)20)4-3-7-17(8)13(18)12-16-10-5-2-6-15-11(10)21-12/h2,5-6,8-9H,3-4,7H2,1H3,(H,19,20)/t8-,9-/m1/s1. The van der Waals surface area contributed by atoms with Gasteiger partial charge in [0.15, 0.2) is 5.01 Å². The molecular weight excluding hydrogens is 290 g/mol. The van der Waals surface area contributed by atoms with E-state index in [1.807, 2.05) is 6.07 Å². The number of hydrogen-bond donors (Lipinski definition) is 1. The fourth-order valence-electron chi connectivity index (χ4n) is 2.74. The summed E-state index contributed by atoms with van der Waals surface area (Å²) in [6, 6.07) is 3.28. The van der Waals surface area contributed by atoms with Gasteiger partial charge in [-0.25, -0.2) is 9.97 Å². The summed E-state index contributed by atoms with van der Waals surface area (Å²) in [6.07, 6.45) is 2.98. The van der Waals surface area contributed by atoms with Crippen LogP contribution in [0.5, 0.6) is 0 Å². The molecule has 1 fully saturated rings. The molecule has 0 saturated carbocycles. The number of carboxylic acids is 1. The van der Waals surface area contributed by atoms with E-state index in [9.17, 15) is 14.7 Å². The van der Waals surface area contributed by atoms with Gasteiger partial charge >= 0.3 is 5.97 Å². The Bertz CT molecular complexity index is 667. The third-order valence-corrected chi connectivity index (χ3v) is 4.88. The summed E-state index contributed by atoms with van der Waals surface area (Å²) in [5.74, 6) is -1.54. The second kappa shape index (κ2) is 5.40. The van der Waals surface area contributed by atoms with Crippen molar-refractivity contribution in [2.24, 2.45) is 5.92 Å². The van der Waals surface area contributed by atoms with E-state index in [1.165, 1.54) is 11.3 Å². The first-order valence-electron chi connectivity index (χ1n) is 6.83. The zero-order valence-electron chi connectivity index (χ0n) is 11.5. The summed E-state index contributed by atoms with van der Waals surface area (Å²) in [5.41, 5.74) is 0.699. The Morgan fingerprint density at radius 2 is 2.29 bits per heavy atom. The minimum Gasteiger partial charge on any atom is -0.481 e. The van der Waals surface area contributed by atoms with Gasteiger partial charge in [-0.15, -0.1) is 0 Å². The van der Waals surface area contributed by atoms with Crippen LogP contribution in [0.4, 0.5) is 0 Å². The van der Waals surface area contributed by atoms with E-state index >= 15 is 0 Å². The van der Waals surface area contributed by atoms with Crippen LogP contribution in [0.25, 0.3) is 10.3 Å². The van der Waals surface area contributed by atoms with Crippen LogP contribution >= 0.6 is 11.3 Å². The first-order chi connectivity index (χ1) is 10.1. The van der Waals surface area contributed by atoms with Crippen molar-refractivity contribution >= 4 is 33.6 Å². The maximum Gasteiger partial charge on any atom is 0.308 e. The van der Waals surface area contributed by atoms with Crippen molar-refractivity contribution < 1.29 is 14.7 Å². The number of aliphatic carboxylic acids is 1. The van der Waals surface area contributed by atoms with E-state index in [0.717, 1.165) is 4.83 Å². The first-order valence-corrected chi connectivity index (χ1v) is 7.65. The molecule has 2 atom stereocenters. The normalized spacial score (nSPS) is 22.4. The molecule has 1 saturated heterocycles. The maximum absolute atomic E-state index is 12.6. The van der Waals surface area contributed by atoms with Crippen LogP contribution in [0.3, 0.4) is 0 Å². The van der Waals surface area contributed by atoms with E-state index in [0.29, 0.717) is 29.9 Å². The maximum atomic E-state index is 12.6. The molecule has 3 rings (SSSR count). The summed E-state index contributed by atoms with van der Waals surface area (Å²) >= 11 is 1.25. The van der Waals surface area contributed by atoms with Crippen molar-refractivity contribution in [3.8, 4) is 0 Å². The molecule has 3 heterocycles. The smallest absolute Gasteiger partial charge is 0.308 e. The van der Waals surface area contributed by atoms with Crippen molar-refractivity contribution in [1.82, 2.24) is 14.9 Å². The molecule has 1 aliphatic heterocycles. The lowest BCUT2D eigenvalue weighted by molar-refractivity contribution is -0.144. The summed E-state index contributed by atoms with van der Waals surface area (Å²) in [4.78, 5) is 34.7. The van der Waals surface area contributed by atoms with Gasteiger partial charge in [0.1, 0.15) is 10.3 Å². The SMILES string of the molecule is C[C@@H]1[C@H](C(=O)O)CCCN1C(=O)c1nc2cccnc2s1. The number of fused-ring (bicyclic) bond motifs is 1. The average Bonchev–Trinajstić information content (AvgIpc) is 2.90. The third-order valence-electron chi connectivity index (χ3n) is 3.92. The number of carbonyl (C=O) groups is 2. The van der Waals surface area contributed by atoms with Crippen LogP contribution in [0.2, 0.25) is 0 Å². The van der Waals surface area contributed by atoms with Crippen molar-refractivity contribution in [2.45, 2.75) is 25.8 Å². The van der Waals surface area contributed by atoms with Crippen LogP contribution in [0, 0.1) is 5.92 Å². The van der Waals surface area contributed by atoms with Crippen molar-refractivity contribution in [3.63, 3.8) is 0 Å². The second-order valence-corrected chi connectivity index (χ2v) is 6.15. The van der Waals surface area contributed by atoms with Gasteiger partial charge in [-0.3, -0.25) is 9.59 Å². The molecule has 0 radical (unpaired) electrons. The van der Waals surface area contributed by atoms with Crippen LogP contribution in [-0.4, -0.2) is 44.4 Å². The zero-order valence-corrected chi connectivity index (χ0v) is 12.3. The Morgan fingerprint density at radius 3 is 3.00 bits per heavy atom. The lowest BCUT2D eigenvalue weighted by Gasteiger charge is -2.36. The van der Waals surface area contributed by atoms with Crippen LogP contribution in [0.1, 0.15) is 29.6 Å². The molecule has 7 heteroatoms. The molecule has 0 unspecified atom stereocenters. The van der Waals surface area contributed by atoms with Crippen LogP contribution < -0.4 is 0 Å². The van der Waals surface area contributed by atoms with Crippen LogP contribution in [0.15, 0.2) is 18.3 Å². The van der Waals surface area contributed by atoms with Gasteiger partial charge in [0.2, 0.25) is 0 Å². The van der Waals surface area contributed by atoms with E-state index in [-0.39, 0.29) is 11.9 Å². The number of piperidine rings is 1.